The van der Waals surface area contributed by atoms with Crippen molar-refractivity contribution in [2.75, 3.05) is 19.6 Å². The zero-order chi connectivity index (χ0) is 13.6. The van der Waals surface area contributed by atoms with Crippen LogP contribution < -0.4 is 9.86 Å². The highest BCUT2D eigenvalue weighted by Gasteiger charge is 2.22. The van der Waals surface area contributed by atoms with Gasteiger partial charge in [-0.2, -0.15) is 8.42 Å². The molecule has 1 rings (SSSR count). The summed E-state index contributed by atoms with van der Waals surface area (Å²) in [7, 11) is -3.52. The number of piperidine rings is 1. The summed E-state index contributed by atoms with van der Waals surface area (Å²) in [5.41, 5.74) is 0. The zero-order valence-corrected chi connectivity index (χ0v) is 12.4. The maximum atomic E-state index is 10.7. The third-order valence-corrected chi connectivity index (χ3v) is 4.44. The molecule has 1 aliphatic heterocycles. The van der Waals surface area contributed by atoms with Crippen molar-refractivity contribution in [2.45, 2.75) is 52.0 Å². The standard InChI is InChI=1S/C12H27N3O2S/c1-3-4-11(2)15-9-6-12(7-10-15)5-8-14-18(13,16)17/h11-12,14H,3-10H2,1-2H3,(H2,13,16,17). The van der Waals surface area contributed by atoms with E-state index >= 15 is 0 Å². The lowest BCUT2D eigenvalue weighted by Crippen LogP contribution is -2.40. The first-order valence-corrected chi connectivity index (χ1v) is 8.48. The second-order valence-corrected chi connectivity index (χ2v) is 6.72. The maximum absolute atomic E-state index is 10.7. The van der Waals surface area contributed by atoms with Crippen LogP contribution in [0.2, 0.25) is 0 Å². The topological polar surface area (TPSA) is 75.4 Å². The molecule has 0 aliphatic carbocycles. The maximum Gasteiger partial charge on any atom is 0.274 e. The van der Waals surface area contributed by atoms with Gasteiger partial charge < -0.3 is 4.90 Å². The number of rotatable bonds is 7. The van der Waals surface area contributed by atoms with E-state index in [1.165, 1.54) is 25.7 Å². The molecule has 0 bridgehead atoms. The van der Waals surface area contributed by atoms with Crippen LogP contribution >= 0.6 is 0 Å². The lowest BCUT2D eigenvalue weighted by Gasteiger charge is -2.36. The molecule has 0 aromatic carbocycles. The molecule has 0 saturated carbocycles. The molecular weight excluding hydrogens is 250 g/mol. The summed E-state index contributed by atoms with van der Waals surface area (Å²) in [4.78, 5) is 2.55. The van der Waals surface area contributed by atoms with Crippen LogP contribution in [0.15, 0.2) is 0 Å². The lowest BCUT2D eigenvalue weighted by atomic mass is 9.92. The van der Waals surface area contributed by atoms with Gasteiger partial charge in [0, 0.05) is 12.6 Å². The van der Waals surface area contributed by atoms with Crippen molar-refractivity contribution >= 4 is 10.2 Å². The van der Waals surface area contributed by atoms with E-state index in [1.54, 1.807) is 0 Å². The normalized spacial score (nSPS) is 21.1. The minimum Gasteiger partial charge on any atom is -0.301 e. The van der Waals surface area contributed by atoms with Gasteiger partial charge in [-0.1, -0.05) is 13.3 Å². The average Bonchev–Trinajstić information content (AvgIpc) is 2.28. The monoisotopic (exact) mass is 277 g/mol. The van der Waals surface area contributed by atoms with Gasteiger partial charge in [0.1, 0.15) is 0 Å². The molecule has 1 heterocycles. The lowest BCUT2D eigenvalue weighted by molar-refractivity contribution is 0.132. The molecule has 108 valence electrons. The average molecular weight is 277 g/mol. The number of hydrogen-bond acceptors (Lipinski definition) is 3. The largest absolute Gasteiger partial charge is 0.301 e. The summed E-state index contributed by atoms with van der Waals surface area (Å²) in [5, 5.41) is 4.90. The Bertz CT molecular complexity index is 324. The molecular formula is C12H27N3O2S. The number of nitrogens with one attached hydrogen (secondary N) is 1. The molecule has 3 N–H and O–H groups in total. The Labute approximate surface area is 111 Å². The van der Waals surface area contributed by atoms with Crippen LogP contribution in [-0.4, -0.2) is 39.0 Å². The first-order chi connectivity index (χ1) is 8.42. The second kappa shape index (κ2) is 7.43. The fourth-order valence-corrected chi connectivity index (χ4v) is 3.09. The highest BCUT2D eigenvalue weighted by molar-refractivity contribution is 7.87. The molecule has 0 spiro atoms. The summed E-state index contributed by atoms with van der Waals surface area (Å²) < 4.78 is 23.8. The molecule has 1 aliphatic rings. The molecule has 0 aromatic rings. The first-order valence-electron chi connectivity index (χ1n) is 6.93. The number of nitrogens with two attached hydrogens (primary N) is 1. The van der Waals surface area contributed by atoms with Crippen LogP contribution in [0.4, 0.5) is 0 Å². The van der Waals surface area contributed by atoms with E-state index < -0.39 is 10.2 Å². The molecule has 1 unspecified atom stereocenters. The van der Waals surface area contributed by atoms with Crippen LogP contribution in [-0.2, 0) is 10.2 Å². The molecule has 1 saturated heterocycles. The summed E-state index contributed by atoms with van der Waals surface area (Å²) in [6.45, 7) is 7.27. The van der Waals surface area contributed by atoms with Crippen LogP contribution in [0.3, 0.4) is 0 Å². The Hall–Kier alpha value is -0.170. The van der Waals surface area contributed by atoms with Gasteiger partial charge in [0.15, 0.2) is 0 Å². The Morgan fingerprint density at radius 3 is 2.50 bits per heavy atom. The van der Waals surface area contributed by atoms with Crippen molar-refractivity contribution in [2.24, 2.45) is 11.1 Å². The third-order valence-electron chi connectivity index (χ3n) is 3.83. The number of nitrogens with zero attached hydrogens (tertiary/aromatic N) is 1. The smallest absolute Gasteiger partial charge is 0.274 e. The Balaban J connectivity index is 2.19. The zero-order valence-electron chi connectivity index (χ0n) is 11.6. The third kappa shape index (κ3) is 6.13. The van der Waals surface area contributed by atoms with Crippen molar-refractivity contribution in [3.63, 3.8) is 0 Å². The fraction of sp³-hybridized carbons (Fsp3) is 1.00. The fourth-order valence-electron chi connectivity index (χ4n) is 2.69. The summed E-state index contributed by atoms with van der Waals surface area (Å²) in [6, 6.07) is 0.679. The van der Waals surface area contributed by atoms with Crippen LogP contribution in [0.25, 0.3) is 0 Å². The Morgan fingerprint density at radius 2 is 2.00 bits per heavy atom. The molecule has 0 amide bonds. The van der Waals surface area contributed by atoms with Crippen molar-refractivity contribution in [3.05, 3.63) is 0 Å². The van der Waals surface area contributed by atoms with E-state index in [0.717, 1.165) is 19.5 Å². The molecule has 18 heavy (non-hydrogen) atoms. The predicted octanol–water partition coefficient (Wildman–Crippen LogP) is 1.07. The number of hydrogen-bond donors (Lipinski definition) is 2. The van der Waals surface area contributed by atoms with E-state index in [2.05, 4.69) is 23.5 Å². The highest BCUT2D eigenvalue weighted by Crippen LogP contribution is 2.22. The van der Waals surface area contributed by atoms with Gasteiger partial charge in [0.05, 0.1) is 0 Å². The summed E-state index contributed by atoms with van der Waals surface area (Å²) in [5.74, 6) is 0.629. The van der Waals surface area contributed by atoms with E-state index in [9.17, 15) is 8.42 Å². The van der Waals surface area contributed by atoms with Gasteiger partial charge in [-0.05, 0) is 51.6 Å². The van der Waals surface area contributed by atoms with E-state index in [4.69, 9.17) is 5.14 Å². The van der Waals surface area contributed by atoms with E-state index in [1.807, 2.05) is 0 Å². The summed E-state index contributed by atoms with van der Waals surface area (Å²) >= 11 is 0. The molecule has 5 nitrogen and oxygen atoms in total. The molecule has 0 aromatic heterocycles. The van der Waals surface area contributed by atoms with Crippen molar-refractivity contribution in [1.29, 1.82) is 0 Å². The van der Waals surface area contributed by atoms with E-state index in [0.29, 0.717) is 18.5 Å². The highest BCUT2D eigenvalue weighted by atomic mass is 32.2. The van der Waals surface area contributed by atoms with Crippen LogP contribution in [0.1, 0.15) is 46.0 Å². The van der Waals surface area contributed by atoms with E-state index in [-0.39, 0.29) is 0 Å². The van der Waals surface area contributed by atoms with Crippen LogP contribution in [0, 0.1) is 5.92 Å². The van der Waals surface area contributed by atoms with Crippen LogP contribution in [0.5, 0.6) is 0 Å². The molecule has 1 fully saturated rings. The van der Waals surface area contributed by atoms with Gasteiger partial charge in [-0.25, -0.2) is 9.86 Å². The van der Waals surface area contributed by atoms with Gasteiger partial charge in [-0.3, -0.25) is 0 Å². The quantitative estimate of drug-likeness (QED) is 0.731. The van der Waals surface area contributed by atoms with Gasteiger partial charge in [0.2, 0.25) is 0 Å². The predicted molar refractivity (Wildman–Crippen MR) is 74.4 cm³/mol. The molecule has 6 heteroatoms. The molecule has 0 radical (unpaired) electrons. The summed E-state index contributed by atoms with van der Waals surface area (Å²) in [6.07, 6.45) is 5.73. The van der Waals surface area contributed by atoms with Gasteiger partial charge >= 0.3 is 0 Å². The minimum absolute atomic E-state index is 0.466. The number of likely N-dealkylation sites (tertiary alicyclic amines) is 1. The van der Waals surface area contributed by atoms with Crippen molar-refractivity contribution < 1.29 is 8.42 Å². The van der Waals surface area contributed by atoms with Gasteiger partial charge in [0.25, 0.3) is 10.2 Å². The van der Waals surface area contributed by atoms with Crippen molar-refractivity contribution in [1.82, 2.24) is 9.62 Å². The van der Waals surface area contributed by atoms with Gasteiger partial charge in [-0.15, -0.1) is 0 Å². The first kappa shape index (κ1) is 15.9. The Morgan fingerprint density at radius 1 is 1.39 bits per heavy atom. The minimum atomic E-state index is -3.52. The van der Waals surface area contributed by atoms with Crippen molar-refractivity contribution in [3.8, 4) is 0 Å². The Kier molecular flexibility index (Phi) is 6.55. The SMILES string of the molecule is CCCC(C)N1CCC(CCNS(N)(=O)=O)CC1. The molecule has 1 atom stereocenters. The second-order valence-electron chi connectivity index (χ2n) is 5.35.